The zero-order chi connectivity index (χ0) is 8.15. The summed E-state index contributed by atoms with van der Waals surface area (Å²) < 4.78 is 0. The van der Waals surface area contributed by atoms with E-state index in [1.54, 1.807) is 0 Å². The molecule has 0 aliphatic rings. The van der Waals surface area contributed by atoms with Gasteiger partial charge in [-0.3, -0.25) is 4.79 Å². The van der Waals surface area contributed by atoms with Gasteiger partial charge in [0.1, 0.15) is 5.78 Å². The molecule has 0 aromatic heterocycles. The topological polar surface area (TPSA) is 29.1 Å². The molecule has 0 spiro atoms. The van der Waals surface area contributed by atoms with E-state index in [0.29, 0.717) is 18.2 Å². The quantitative estimate of drug-likeness (QED) is 0.641. The van der Waals surface area contributed by atoms with Gasteiger partial charge < -0.3 is 5.32 Å². The highest BCUT2D eigenvalue weighted by atomic mass is 16.1. The Labute approximate surface area is 63.0 Å². The number of ketones is 1. The van der Waals surface area contributed by atoms with Crippen LogP contribution in [0.5, 0.6) is 0 Å². The van der Waals surface area contributed by atoms with Gasteiger partial charge in [-0.05, 0) is 14.0 Å². The van der Waals surface area contributed by atoms with Crippen molar-refractivity contribution < 1.29 is 4.79 Å². The van der Waals surface area contributed by atoms with Crippen LogP contribution in [0, 0.1) is 5.92 Å². The molecule has 0 fully saturated rings. The molecule has 1 N–H and O–H groups in total. The Morgan fingerprint density at radius 2 is 1.90 bits per heavy atom. The van der Waals surface area contributed by atoms with Gasteiger partial charge in [0.05, 0.1) is 0 Å². The molecule has 0 aromatic carbocycles. The molecule has 0 heterocycles. The zero-order valence-corrected chi connectivity index (χ0v) is 7.27. The lowest BCUT2D eigenvalue weighted by Crippen LogP contribution is -2.26. The maximum Gasteiger partial charge on any atom is 0.136 e. The van der Waals surface area contributed by atoms with Crippen LogP contribution in [0.1, 0.15) is 27.2 Å². The average molecular weight is 143 g/mol. The molecule has 0 radical (unpaired) electrons. The first-order valence-electron chi connectivity index (χ1n) is 3.78. The van der Waals surface area contributed by atoms with Crippen LogP contribution in [0.2, 0.25) is 0 Å². The van der Waals surface area contributed by atoms with Crippen LogP contribution < -0.4 is 5.32 Å². The summed E-state index contributed by atoms with van der Waals surface area (Å²) in [4.78, 5) is 11.1. The minimum atomic E-state index is 0.177. The van der Waals surface area contributed by atoms with Crippen molar-refractivity contribution in [2.24, 2.45) is 5.92 Å². The van der Waals surface area contributed by atoms with Crippen molar-refractivity contribution in [1.82, 2.24) is 5.32 Å². The number of nitrogens with one attached hydrogen (secondary N) is 1. The summed E-state index contributed by atoms with van der Waals surface area (Å²) in [5.41, 5.74) is 0. The molecule has 1 atom stereocenters. The first-order chi connectivity index (χ1) is 4.57. The summed E-state index contributed by atoms with van der Waals surface area (Å²) in [6, 6.07) is 0.315. The van der Waals surface area contributed by atoms with E-state index < -0.39 is 0 Å². The summed E-state index contributed by atoms with van der Waals surface area (Å²) in [5.74, 6) is 0.512. The van der Waals surface area contributed by atoms with Crippen LogP contribution in [-0.2, 0) is 4.79 Å². The van der Waals surface area contributed by atoms with Gasteiger partial charge in [-0.1, -0.05) is 13.8 Å². The highest BCUT2D eigenvalue weighted by molar-refractivity contribution is 5.80. The van der Waals surface area contributed by atoms with Gasteiger partial charge >= 0.3 is 0 Å². The smallest absolute Gasteiger partial charge is 0.136 e. The molecule has 2 heteroatoms. The Morgan fingerprint density at radius 1 is 1.40 bits per heavy atom. The number of Topliss-reactive ketones (excluding diaryl/α,β-unsaturated/α-hetero) is 1. The third-order valence-corrected chi connectivity index (χ3v) is 1.64. The van der Waals surface area contributed by atoms with Crippen molar-refractivity contribution in [1.29, 1.82) is 0 Å². The first-order valence-corrected chi connectivity index (χ1v) is 3.78. The maximum absolute atomic E-state index is 11.1. The van der Waals surface area contributed by atoms with Crippen molar-refractivity contribution in [3.8, 4) is 0 Å². The minimum absolute atomic E-state index is 0.177. The van der Waals surface area contributed by atoms with Gasteiger partial charge in [-0.15, -0.1) is 0 Å². The number of carbonyl (C=O) groups is 1. The molecule has 0 bridgehead atoms. The van der Waals surface area contributed by atoms with E-state index >= 15 is 0 Å². The number of carbonyl (C=O) groups excluding carboxylic acids is 1. The van der Waals surface area contributed by atoms with Crippen molar-refractivity contribution in [3.05, 3.63) is 0 Å². The summed E-state index contributed by atoms with van der Waals surface area (Å²) in [6.45, 7) is 5.88. The van der Waals surface area contributed by atoms with Crippen molar-refractivity contribution in [3.63, 3.8) is 0 Å². The highest BCUT2D eigenvalue weighted by Crippen LogP contribution is 2.01. The van der Waals surface area contributed by atoms with Crippen molar-refractivity contribution in [2.45, 2.75) is 33.2 Å². The molecule has 0 saturated carbocycles. The molecular weight excluding hydrogens is 126 g/mol. The third-order valence-electron chi connectivity index (χ3n) is 1.64. The fourth-order valence-electron chi connectivity index (χ4n) is 0.640. The predicted octanol–water partition coefficient (Wildman–Crippen LogP) is 1.21. The van der Waals surface area contributed by atoms with Crippen LogP contribution >= 0.6 is 0 Å². The normalized spacial score (nSPS) is 13.7. The van der Waals surface area contributed by atoms with Crippen LogP contribution in [0.25, 0.3) is 0 Å². The van der Waals surface area contributed by atoms with Crippen LogP contribution in [-0.4, -0.2) is 18.9 Å². The predicted molar refractivity (Wildman–Crippen MR) is 43.0 cm³/mol. The van der Waals surface area contributed by atoms with Gasteiger partial charge in [0, 0.05) is 18.4 Å². The van der Waals surface area contributed by atoms with E-state index in [0.717, 1.165) is 0 Å². The standard InChI is InChI=1S/C8H17NO/c1-6(2)8(10)5-7(3)9-4/h6-7,9H,5H2,1-4H3/t7-/m0/s1. The van der Waals surface area contributed by atoms with Crippen LogP contribution in [0.15, 0.2) is 0 Å². The number of hydrogen-bond donors (Lipinski definition) is 1. The zero-order valence-electron chi connectivity index (χ0n) is 7.27. The van der Waals surface area contributed by atoms with Crippen molar-refractivity contribution in [2.75, 3.05) is 7.05 Å². The van der Waals surface area contributed by atoms with E-state index in [9.17, 15) is 4.79 Å². The lowest BCUT2D eigenvalue weighted by atomic mass is 10.0. The average Bonchev–Trinajstić information content (AvgIpc) is 1.87. The van der Waals surface area contributed by atoms with E-state index in [4.69, 9.17) is 0 Å². The monoisotopic (exact) mass is 143 g/mol. The second-order valence-electron chi connectivity index (χ2n) is 3.01. The molecule has 0 aromatic rings. The van der Waals surface area contributed by atoms with Gasteiger partial charge in [0.15, 0.2) is 0 Å². The van der Waals surface area contributed by atoms with Gasteiger partial charge in [0.25, 0.3) is 0 Å². The van der Waals surface area contributed by atoms with Gasteiger partial charge in [-0.2, -0.15) is 0 Å². The SMILES string of the molecule is CN[C@@H](C)CC(=O)C(C)C. The molecular formula is C8H17NO. The molecule has 0 rings (SSSR count). The largest absolute Gasteiger partial charge is 0.317 e. The molecule has 10 heavy (non-hydrogen) atoms. The maximum atomic E-state index is 11.1. The van der Waals surface area contributed by atoms with Crippen molar-refractivity contribution >= 4 is 5.78 Å². The molecule has 0 saturated heterocycles. The summed E-state index contributed by atoms with van der Waals surface area (Å²) in [5, 5.41) is 3.03. The summed E-state index contributed by atoms with van der Waals surface area (Å²) in [6.07, 6.45) is 0.647. The molecule has 0 aliphatic heterocycles. The van der Waals surface area contributed by atoms with E-state index in [1.807, 2.05) is 27.8 Å². The summed E-state index contributed by atoms with van der Waals surface area (Å²) >= 11 is 0. The third kappa shape index (κ3) is 3.62. The first kappa shape index (κ1) is 9.63. The fraction of sp³-hybridized carbons (Fsp3) is 0.875. The molecule has 2 nitrogen and oxygen atoms in total. The summed E-state index contributed by atoms with van der Waals surface area (Å²) in [7, 11) is 1.87. The molecule has 0 unspecified atom stereocenters. The Hall–Kier alpha value is -0.370. The van der Waals surface area contributed by atoms with Crippen LogP contribution in [0.3, 0.4) is 0 Å². The minimum Gasteiger partial charge on any atom is -0.317 e. The second-order valence-corrected chi connectivity index (χ2v) is 3.01. The number of hydrogen-bond acceptors (Lipinski definition) is 2. The molecule has 0 aliphatic carbocycles. The highest BCUT2D eigenvalue weighted by Gasteiger charge is 2.09. The lowest BCUT2D eigenvalue weighted by molar-refractivity contribution is -0.122. The van der Waals surface area contributed by atoms with Crippen LogP contribution in [0.4, 0.5) is 0 Å². The van der Waals surface area contributed by atoms with E-state index in [1.165, 1.54) is 0 Å². The Morgan fingerprint density at radius 3 is 2.20 bits per heavy atom. The number of rotatable bonds is 4. The lowest BCUT2D eigenvalue weighted by Gasteiger charge is -2.09. The Bertz CT molecular complexity index is 110. The Balaban J connectivity index is 3.57. The van der Waals surface area contributed by atoms with E-state index in [-0.39, 0.29) is 5.92 Å². The van der Waals surface area contributed by atoms with E-state index in [2.05, 4.69) is 5.32 Å². The molecule has 60 valence electrons. The molecule has 0 amide bonds. The van der Waals surface area contributed by atoms with Gasteiger partial charge in [-0.25, -0.2) is 0 Å². The van der Waals surface area contributed by atoms with Gasteiger partial charge in [0.2, 0.25) is 0 Å². The second kappa shape index (κ2) is 4.45. The Kier molecular flexibility index (Phi) is 4.28. The fourth-order valence-corrected chi connectivity index (χ4v) is 0.640.